The molecule has 0 radical (unpaired) electrons. The lowest BCUT2D eigenvalue weighted by atomic mass is 10.2. The standard InChI is InChI=1S/C17H17N5O2S/c1-12(22-11-18-10-19-22)17(24)21-14-6-4-13(5-7-14)20-16(23)9-15-3-2-8-25-15/h2-8,10-12H,9H2,1H3,(H,20,23)(H,21,24)/t12-/m1/s1. The van der Waals surface area contributed by atoms with E-state index < -0.39 is 6.04 Å². The molecule has 128 valence electrons. The van der Waals surface area contributed by atoms with Crippen LogP contribution in [0.25, 0.3) is 0 Å². The zero-order valence-electron chi connectivity index (χ0n) is 13.5. The van der Waals surface area contributed by atoms with E-state index in [0.29, 0.717) is 17.8 Å². The van der Waals surface area contributed by atoms with E-state index in [0.717, 1.165) is 4.88 Å². The van der Waals surface area contributed by atoms with Gasteiger partial charge in [-0.2, -0.15) is 5.10 Å². The zero-order chi connectivity index (χ0) is 17.6. The first-order chi connectivity index (χ1) is 12.1. The van der Waals surface area contributed by atoms with Crippen LogP contribution < -0.4 is 10.6 Å². The van der Waals surface area contributed by atoms with Crippen LogP contribution in [0.5, 0.6) is 0 Å². The normalized spacial score (nSPS) is 11.7. The van der Waals surface area contributed by atoms with Gasteiger partial charge in [0.1, 0.15) is 18.7 Å². The van der Waals surface area contributed by atoms with Gasteiger partial charge in [-0.05, 0) is 42.6 Å². The van der Waals surface area contributed by atoms with Gasteiger partial charge in [0.2, 0.25) is 11.8 Å². The highest BCUT2D eigenvalue weighted by molar-refractivity contribution is 7.10. The third-order valence-corrected chi connectivity index (χ3v) is 4.44. The molecule has 25 heavy (non-hydrogen) atoms. The molecule has 0 aliphatic rings. The number of benzene rings is 1. The Labute approximate surface area is 148 Å². The molecule has 1 atom stereocenters. The van der Waals surface area contributed by atoms with Crippen LogP contribution in [0, 0.1) is 0 Å². The molecule has 2 N–H and O–H groups in total. The van der Waals surface area contributed by atoms with Crippen molar-refractivity contribution < 1.29 is 9.59 Å². The van der Waals surface area contributed by atoms with Crippen LogP contribution in [0.1, 0.15) is 17.8 Å². The molecule has 8 heteroatoms. The Morgan fingerprint density at radius 2 is 1.88 bits per heavy atom. The number of hydrogen-bond acceptors (Lipinski definition) is 5. The van der Waals surface area contributed by atoms with E-state index in [4.69, 9.17) is 0 Å². The second kappa shape index (κ2) is 7.71. The predicted octanol–water partition coefficient (Wildman–Crippen LogP) is 2.72. The summed E-state index contributed by atoms with van der Waals surface area (Å²) in [7, 11) is 0. The Morgan fingerprint density at radius 1 is 1.16 bits per heavy atom. The van der Waals surface area contributed by atoms with Crippen molar-refractivity contribution >= 4 is 34.5 Å². The summed E-state index contributed by atoms with van der Waals surface area (Å²) in [5, 5.41) is 11.5. The molecule has 0 saturated heterocycles. The largest absolute Gasteiger partial charge is 0.326 e. The van der Waals surface area contributed by atoms with E-state index in [1.165, 1.54) is 17.3 Å². The Morgan fingerprint density at radius 3 is 2.48 bits per heavy atom. The fourth-order valence-electron chi connectivity index (χ4n) is 2.20. The molecule has 7 nitrogen and oxygen atoms in total. The smallest absolute Gasteiger partial charge is 0.249 e. The average Bonchev–Trinajstić information content (AvgIpc) is 3.29. The number of carbonyl (C=O) groups is 2. The minimum atomic E-state index is -0.465. The third kappa shape index (κ3) is 4.51. The summed E-state index contributed by atoms with van der Waals surface area (Å²) in [5.74, 6) is -0.265. The van der Waals surface area contributed by atoms with Gasteiger partial charge >= 0.3 is 0 Å². The topological polar surface area (TPSA) is 88.9 Å². The van der Waals surface area contributed by atoms with Gasteiger partial charge in [0.15, 0.2) is 0 Å². The van der Waals surface area contributed by atoms with Crippen LogP contribution in [-0.4, -0.2) is 26.6 Å². The van der Waals surface area contributed by atoms with E-state index in [9.17, 15) is 9.59 Å². The maximum atomic E-state index is 12.2. The number of anilines is 2. The predicted molar refractivity (Wildman–Crippen MR) is 96.5 cm³/mol. The van der Waals surface area contributed by atoms with Crippen LogP contribution in [0.3, 0.4) is 0 Å². The highest BCUT2D eigenvalue weighted by Crippen LogP contribution is 2.16. The van der Waals surface area contributed by atoms with Crippen LogP contribution >= 0.6 is 11.3 Å². The van der Waals surface area contributed by atoms with E-state index in [1.807, 2.05) is 17.5 Å². The molecular formula is C17H17N5O2S. The van der Waals surface area contributed by atoms with Crippen molar-refractivity contribution in [2.75, 3.05) is 10.6 Å². The molecule has 0 fully saturated rings. The van der Waals surface area contributed by atoms with Crippen LogP contribution in [0.2, 0.25) is 0 Å². The molecule has 2 amide bonds. The highest BCUT2D eigenvalue weighted by atomic mass is 32.1. The molecule has 1 aromatic carbocycles. The molecule has 0 unspecified atom stereocenters. The maximum absolute atomic E-state index is 12.2. The Bertz CT molecular complexity index is 829. The fourth-order valence-corrected chi connectivity index (χ4v) is 2.90. The Balaban J connectivity index is 1.55. The van der Waals surface area contributed by atoms with E-state index in [2.05, 4.69) is 20.7 Å². The Kier molecular flexibility index (Phi) is 5.20. The monoisotopic (exact) mass is 355 g/mol. The summed E-state index contributed by atoms with van der Waals surface area (Å²) in [5.41, 5.74) is 1.33. The second-order valence-electron chi connectivity index (χ2n) is 5.42. The van der Waals surface area contributed by atoms with Gasteiger partial charge in [0.05, 0.1) is 6.42 Å². The molecule has 0 spiro atoms. The lowest BCUT2D eigenvalue weighted by Crippen LogP contribution is -2.24. The van der Waals surface area contributed by atoms with Crippen molar-refractivity contribution in [3.8, 4) is 0 Å². The van der Waals surface area contributed by atoms with Gasteiger partial charge in [-0.1, -0.05) is 6.07 Å². The molecule has 2 aromatic heterocycles. The molecule has 0 bridgehead atoms. The first-order valence-corrected chi connectivity index (χ1v) is 8.57. The number of hydrogen-bond donors (Lipinski definition) is 2. The summed E-state index contributed by atoms with van der Waals surface area (Å²) >= 11 is 1.55. The molecule has 0 saturated carbocycles. The SMILES string of the molecule is C[C@H](C(=O)Nc1ccc(NC(=O)Cc2cccs2)cc1)n1cncn1. The van der Waals surface area contributed by atoms with Crippen LogP contribution in [0.4, 0.5) is 11.4 Å². The summed E-state index contributed by atoms with van der Waals surface area (Å²) < 4.78 is 1.48. The molecule has 3 aromatic rings. The zero-order valence-corrected chi connectivity index (χ0v) is 14.4. The fraction of sp³-hybridized carbons (Fsp3) is 0.176. The number of thiophene rings is 1. The number of rotatable bonds is 6. The van der Waals surface area contributed by atoms with Crippen LogP contribution in [0.15, 0.2) is 54.4 Å². The van der Waals surface area contributed by atoms with Crippen molar-refractivity contribution in [2.45, 2.75) is 19.4 Å². The number of nitrogens with zero attached hydrogens (tertiary/aromatic N) is 3. The Hall–Kier alpha value is -3.00. The van der Waals surface area contributed by atoms with Gasteiger partial charge in [-0.3, -0.25) is 9.59 Å². The first kappa shape index (κ1) is 16.8. The van der Waals surface area contributed by atoms with Crippen molar-refractivity contribution in [1.82, 2.24) is 14.8 Å². The first-order valence-electron chi connectivity index (χ1n) is 7.69. The maximum Gasteiger partial charge on any atom is 0.249 e. The summed E-state index contributed by atoms with van der Waals surface area (Å²) in [6.45, 7) is 1.74. The lowest BCUT2D eigenvalue weighted by molar-refractivity contribution is -0.119. The highest BCUT2D eigenvalue weighted by Gasteiger charge is 2.15. The molecule has 0 aliphatic carbocycles. The van der Waals surface area contributed by atoms with Crippen molar-refractivity contribution in [2.24, 2.45) is 0 Å². The van der Waals surface area contributed by atoms with Gasteiger partial charge < -0.3 is 10.6 Å². The van der Waals surface area contributed by atoms with Crippen LogP contribution in [-0.2, 0) is 16.0 Å². The van der Waals surface area contributed by atoms with Crippen molar-refractivity contribution in [1.29, 1.82) is 0 Å². The summed E-state index contributed by atoms with van der Waals surface area (Å²) in [4.78, 5) is 29.0. The van der Waals surface area contributed by atoms with Gasteiger partial charge in [-0.25, -0.2) is 9.67 Å². The minimum Gasteiger partial charge on any atom is -0.326 e. The quantitative estimate of drug-likeness (QED) is 0.711. The van der Waals surface area contributed by atoms with E-state index >= 15 is 0 Å². The van der Waals surface area contributed by atoms with Gasteiger partial charge in [0, 0.05) is 16.3 Å². The second-order valence-corrected chi connectivity index (χ2v) is 6.45. The van der Waals surface area contributed by atoms with E-state index in [1.54, 1.807) is 42.5 Å². The number of amides is 2. The summed E-state index contributed by atoms with van der Waals surface area (Å²) in [6, 6.07) is 10.4. The van der Waals surface area contributed by atoms with Crippen molar-refractivity contribution in [3.05, 3.63) is 59.3 Å². The third-order valence-electron chi connectivity index (χ3n) is 3.56. The average molecular weight is 355 g/mol. The molecular weight excluding hydrogens is 338 g/mol. The van der Waals surface area contributed by atoms with Crippen molar-refractivity contribution in [3.63, 3.8) is 0 Å². The lowest BCUT2D eigenvalue weighted by Gasteiger charge is -2.12. The number of aromatic nitrogens is 3. The number of carbonyl (C=O) groups excluding carboxylic acids is 2. The van der Waals surface area contributed by atoms with E-state index in [-0.39, 0.29) is 11.8 Å². The number of nitrogens with one attached hydrogen (secondary N) is 2. The molecule has 0 aliphatic heterocycles. The van der Waals surface area contributed by atoms with Gasteiger partial charge in [0.25, 0.3) is 0 Å². The molecule has 2 heterocycles. The molecule has 3 rings (SSSR count). The summed E-state index contributed by atoms with van der Waals surface area (Å²) in [6.07, 6.45) is 3.24. The minimum absolute atomic E-state index is 0.0703. The van der Waals surface area contributed by atoms with Gasteiger partial charge in [-0.15, -0.1) is 11.3 Å².